The van der Waals surface area contributed by atoms with Crippen molar-refractivity contribution >= 4 is 5.69 Å². The van der Waals surface area contributed by atoms with Crippen LogP contribution in [0.2, 0.25) is 0 Å². The van der Waals surface area contributed by atoms with E-state index in [2.05, 4.69) is 11.8 Å². The number of hydrogen-bond donors (Lipinski definition) is 0. The summed E-state index contributed by atoms with van der Waals surface area (Å²) >= 11 is 0. The molecule has 0 bridgehead atoms. The topological polar surface area (TPSA) is 46.4 Å². The van der Waals surface area contributed by atoms with Crippen molar-refractivity contribution in [1.82, 2.24) is 4.90 Å². The molecule has 0 N–H and O–H groups in total. The Balaban J connectivity index is 2.59. The lowest BCUT2D eigenvalue weighted by Gasteiger charge is -2.15. The van der Waals surface area contributed by atoms with Crippen molar-refractivity contribution in [2.45, 2.75) is 26.3 Å². The Morgan fingerprint density at radius 2 is 2.19 bits per heavy atom. The second-order valence-electron chi connectivity index (χ2n) is 4.02. The van der Waals surface area contributed by atoms with E-state index in [1.54, 1.807) is 12.1 Å². The molecule has 1 rings (SSSR count). The number of nitro benzene ring substituents is 1. The van der Waals surface area contributed by atoms with Crippen LogP contribution in [0.15, 0.2) is 24.3 Å². The van der Waals surface area contributed by atoms with Crippen molar-refractivity contribution in [1.29, 1.82) is 0 Å². The quantitative estimate of drug-likeness (QED) is 0.549. The molecule has 1 aromatic carbocycles. The Morgan fingerprint density at radius 1 is 1.44 bits per heavy atom. The van der Waals surface area contributed by atoms with Gasteiger partial charge in [0.1, 0.15) is 0 Å². The summed E-state index contributed by atoms with van der Waals surface area (Å²) in [5, 5.41) is 10.6. The van der Waals surface area contributed by atoms with Crippen LogP contribution in [0.4, 0.5) is 5.69 Å². The Bertz CT molecular complexity index is 353. The minimum atomic E-state index is -0.352. The molecule has 0 spiro atoms. The fourth-order valence-electron chi connectivity index (χ4n) is 1.59. The van der Waals surface area contributed by atoms with Crippen LogP contribution in [-0.4, -0.2) is 23.4 Å². The molecule has 0 amide bonds. The Labute approximate surface area is 96.0 Å². The third-order valence-electron chi connectivity index (χ3n) is 2.47. The van der Waals surface area contributed by atoms with Crippen LogP contribution in [0.1, 0.15) is 25.3 Å². The summed E-state index contributed by atoms with van der Waals surface area (Å²) in [5.74, 6) is 0. The maximum absolute atomic E-state index is 10.6. The molecule has 0 aliphatic carbocycles. The van der Waals surface area contributed by atoms with Crippen molar-refractivity contribution in [3.63, 3.8) is 0 Å². The van der Waals surface area contributed by atoms with Gasteiger partial charge in [-0.2, -0.15) is 0 Å². The highest BCUT2D eigenvalue weighted by atomic mass is 16.6. The number of unbranched alkanes of at least 4 members (excludes halogenated alkanes) is 1. The van der Waals surface area contributed by atoms with Gasteiger partial charge in [-0.05, 0) is 25.6 Å². The van der Waals surface area contributed by atoms with Gasteiger partial charge in [0.2, 0.25) is 0 Å². The van der Waals surface area contributed by atoms with Gasteiger partial charge >= 0.3 is 0 Å². The Kier molecular flexibility index (Phi) is 4.92. The van der Waals surface area contributed by atoms with Crippen molar-refractivity contribution in [2.24, 2.45) is 0 Å². The van der Waals surface area contributed by atoms with Crippen molar-refractivity contribution in [2.75, 3.05) is 13.6 Å². The molecule has 16 heavy (non-hydrogen) atoms. The van der Waals surface area contributed by atoms with E-state index in [0.717, 1.165) is 25.1 Å². The third-order valence-corrected chi connectivity index (χ3v) is 2.47. The van der Waals surface area contributed by atoms with Gasteiger partial charge in [-0.25, -0.2) is 0 Å². The van der Waals surface area contributed by atoms with E-state index in [1.807, 2.05) is 13.1 Å². The van der Waals surface area contributed by atoms with Crippen molar-refractivity contribution in [3.05, 3.63) is 39.9 Å². The standard InChI is InChI=1S/C12H18N2O2/c1-3-4-8-13(2)10-11-6-5-7-12(9-11)14(15)16/h5-7,9H,3-4,8,10H2,1-2H3. The molecule has 4 nitrogen and oxygen atoms in total. The molecule has 0 fully saturated rings. The first-order valence-electron chi connectivity index (χ1n) is 5.55. The lowest BCUT2D eigenvalue weighted by atomic mass is 10.2. The van der Waals surface area contributed by atoms with Crippen LogP contribution in [0, 0.1) is 10.1 Å². The molecule has 0 saturated carbocycles. The molecule has 0 radical (unpaired) electrons. The van der Waals surface area contributed by atoms with E-state index in [0.29, 0.717) is 0 Å². The van der Waals surface area contributed by atoms with Crippen molar-refractivity contribution < 1.29 is 4.92 Å². The fourth-order valence-corrected chi connectivity index (χ4v) is 1.59. The van der Waals surface area contributed by atoms with E-state index in [4.69, 9.17) is 0 Å². The maximum atomic E-state index is 10.6. The monoisotopic (exact) mass is 222 g/mol. The van der Waals surface area contributed by atoms with Crippen LogP contribution < -0.4 is 0 Å². The molecule has 4 heteroatoms. The second-order valence-corrected chi connectivity index (χ2v) is 4.02. The number of nitrogens with zero attached hydrogens (tertiary/aromatic N) is 2. The van der Waals surface area contributed by atoms with E-state index < -0.39 is 0 Å². The molecule has 0 unspecified atom stereocenters. The molecule has 0 aliphatic rings. The Morgan fingerprint density at radius 3 is 2.81 bits per heavy atom. The van der Waals surface area contributed by atoms with E-state index in [9.17, 15) is 10.1 Å². The zero-order valence-corrected chi connectivity index (χ0v) is 9.85. The summed E-state index contributed by atoms with van der Waals surface area (Å²) in [6.07, 6.45) is 2.32. The summed E-state index contributed by atoms with van der Waals surface area (Å²) in [6.45, 7) is 3.95. The number of benzene rings is 1. The fraction of sp³-hybridized carbons (Fsp3) is 0.500. The third kappa shape index (κ3) is 3.98. The predicted molar refractivity (Wildman–Crippen MR) is 64.3 cm³/mol. The maximum Gasteiger partial charge on any atom is 0.269 e. The van der Waals surface area contributed by atoms with Gasteiger partial charge in [-0.1, -0.05) is 25.5 Å². The molecule has 0 atom stereocenters. The average Bonchev–Trinajstić information content (AvgIpc) is 2.26. The zero-order valence-electron chi connectivity index (χ0n) is 9.85. The first-order valence-corrected chi connectivity index (χ1v) is 5.55. The van der Waals surface area contributed by atoms with Crippen LogP contribution in [0.3, 0.4) is 0 Å². The molecule has 88 valence electrons. The predicted octanol–water partition coefficient (Wildman–Crippen LogP) is 2.83. The summed E-state index contributed by atoms with van der Waals surface area (Å²) in [4.78, 5) is 12.4. The van der Waals surface area contributed by atoms with Crippen molar-refractivity contribution in [3.8, 4) is 0 Å². The highest BCUT2D eigenvalue weighted by Crippen LogP contribution is 2.14. The summed E-state index contributed by atoms with van der Waals surface area (Å²) in [7, 11) is 2.04. The summed E-state index contributed by atoms with van der Waals surface area (Å²) in [5.41, 5.74) is 1.16. The van der Waals surface area contributed by atoms with E-state index in [1.165, 1.54) is 12.5 Å². The average molecular weight is 222 g/mol. The number of rotatable bonds is 6. The van der Waals surface area contributed by atoms with E-state index >= 15 is 0 Å². The Hall–Kier alpha value is -1.42. The smallest absolute Gasteiger partial charge is 0.269 e. The van der Waals surface area contributed by atoms with Crippen LogP contribution in [0.25, 0.3) is 0 Å². The minimum absolute atomic E-state index is 0.168. The van der Waals surface area contributed by atoms with Gasteiger partial charge in [-0.3, -0.25) is 10.1 Å². The summed E-state index contributed by atoms with van der Waals surface area (Å²) in [6, 6.07) is 6.83. The zero-order chi connectivity index (χ0) is 12.0. The lowest BCUT2D eigenvalue weighted by Crippen LogP contribution is -2.18. The number of non-ortho nitro benzene ring substituents is 1. The largest absolute Gasteiger partial charge is 0.302 e. The highest BCUT2D eigenvalue weighted by molar-refractivity contribution is 5.34. The number of nitro groups is 1. The highest BCUT2D eigenvalue weighted by Gasteiger charge is 2.06. The molecular formula is C12H18N2O2. The molecule has 0 saturated heterocycles. The van der Waals surface area contributed by atoms with Gasteiger partial charge in [-0.15, -0.1) is 0 Å². The van der Waals surface area contributed by atoms with Crippen LogP contribution >= 0.6 is 0 Å². The second kappa shape index (κ2) is 6.23. The molecule has 0 aromatic heterocycles. The van der Waals surface area contributed by atoms with Crippen LogP contribution in [-0.2, 0) is 6.54 Å². The minimum Gasteiger partial charge on any atom is -0.302 e. The normalized spacial score (nSPS) is 10.7. The van der Waals surface area contributed by atoms with Gasteiger partial charge < -0.3 is 4.90 Å². The lowest BCUT2D eigenvalue weighted by molar-refractivity contribution is -0.384. The van der Waals surface area contributed by atoms with Gasteiger partial charge in [0.05, 0.1) is 4.92 Å². The molecule has 1 aromatic rings. The van der Waals surface area contributed by atoms with Gasteiger partial charge in [0.25, 0.3) is 5.69 Å². The SMILES string of the molecule is CCCCN(C)Cc1cccc([N+](=O)[O-])c1. The first kappa shape index (κ1) is 12.6. The number of hydrogen-bond acceptors (Lipinski definition) is 3. The van der Waals surface area contributed by atoms with Gasteiger partial charge in [0, 0.05) is 18.7 Å². The molecule has 0 aliphatic heterocycles. The van der Waals surface area contributed by atoms with Crippen LogP contribution in [0.5, 0.6) is 0 Å². The first-order chi connectivity index (χ1) is 7.63. The van der Waals surface area contributed by atoms with Gasteiger partial charge in [0.15, 0.2) is 0 Å². The molecular weight excluding hydrogens is 204 g/mol. The molecule has 0 heterocycles. The van der Waals surface area contributed by atoms with E-state index in [-0.39, 0.29) is 10.6 Å². The summed E-state index contributed by atoms with van der Waals surface area (Å²) < 4.78 is 0.